The van der Waals surface area contributed by atoms with E-state index in [1.807, 2.05) is 12.1 Å². The molecule has 0 atom stereocenters. The van der Waals surface area contributed by atoms with Gasteiger partial charge in [0.25, 0.3) is 0 Å². The molecule has 0 unspecified atom stereocenters. The second-order valence-electron chi connectivity index (χ2n) is 2.75. The predicted octanol–water partition coefficient (Wildman–Crippen LogP) is 2.57. The fraction of sp³-hybridized carbons (Fsp3) is 0.400. The van der Waals surface area contributed by atoms with Crippen LogP contribution in [0, 0.1) is 0 Å². The van der Waals surface area contributed by atoms with Crippen molar-refractivity contribution in [2.45, 2.75) is 11.5 Å². The molecule has 14 heavy (non-hydrogen) atoms. The van der Waals surface area contributed by atoms with E-state index in [9.17, 15) is 0 Å². The average Bonchev–Trinajstić information content (AvgIpc) is 2.19. The third kappa shape index (κ3) is 3.50. The van der Waals surface area contributed by atoms with Crippen LogP contribution in [0.1, 0.15) is 5.56 Å². The molecule has 4 heteroatoms. The fourth-order valence-electron chi connectivity index (χ4n) is 1.03. The Morgan fingerprint density at radius 2 is 2.29 bits per heavy atom. The lowest BCUT2D eigenvalue weighted by Gasteiger charge is -2.06. The molecular formula is C10H13ClO2S. The summed E-state index contributed by atoms with van der Waals surface area (Å²) in [4.78, 5) is 1.03. The van der Waals surface area contributed by atoms with Gasteiger partial charge in [-0.05, 0) is 17.7 Å². The van der Waals surface area contributed by atoms with Gasteiger partial charge in [0.2, 0.25) is 0 Å². The van der Waals surface area contributed by atoms with Crippen LogP contribution in [0.4, 0.5) is 0 Å². The smallest absolute Gasteiger partial charge is 0.0692 e. The molecule has 0 saturated heterocycles. The summed E-state index contributed by atoms with van der Waals surface area (Å²) in [6.07, 6.45) is 0. The summed E-state index contributed by atoms with van der Waals surface area (Å²) in [5, 5.41) is 9.77. The van der Waals surface area contributed by atoms with Gasteiger partial charge in [-0.2, -0.15) is 0 Å². The van der Waals surface area contributed by atoms with E-state index in [2.05, 4.69) is 0 Å². The summed E-state index contributed by atoms with van der Waals surface area (Å²) < 4.78 is 4.95. The van der Waals surface area contributed by atoms with Gasteiger partial charge < -0.3 is 9.84 Å². The Balaban J connectivity index is 2.67. The SMILES string of the molecule is COCCSc1cc(Cl)ccc1CO. The molecule has 1 rings (SSSR count). The summed E-state index contributed by atoms with van der Waals surface area (Å²) >= 11 is 7.50. The summed E-state index contributed by atoms with van der Waals surface area (Å²) in [7, 11) is 1.67. The summed E-state index contributed by atoms with van der Waals surface area (Å²) in [6.45, 7) is 0.745. The zero-order valence-electron chi connectivity index (χ0n) is 8.00. The Morgan fingerprint density at radius 1 is 1.50 bits per heavy atom. The molecule has 0 bridgehead atoms. The van der Waals surface area contributed by atoms with Crippen LogP contribution in [0.2, 0.25) is 5.02 Å². The van der Waals surface area contributed by atoms with E-state index in [4.69, 9.17) is 21.4 Å². The molecule has 0 radical (unpaired) electrons. The monoisotopic (exact) mass is 232 g/mol. The van der Waals surface area contributed by atoms with Gasteiger partial charge in [0.1, 0.15) is 0 Å². The lowest BCUT2D eigenvalue weighted by atomic mass is 10.2. The number of hydrogen-bond donors (Lipinski definition) is 1. The Kier molecular flexibility index (Phi) is 5.33. The van der Waals surface area contributed by atoms with Crippen molar-refractivity contribution < 1.29 is 9.84 Å². The maximum Gasteiger partial charge on any atom is 0.0692 e. The Bertz CT molecular complexity index is 291. The number of aliphatic hydroxyl groups is 1. The highest BCUT2D eigenvalue weighted by Crippen LogP contribution is 2.26. The highest BCUT2D eigenvalue weighted by molar-refractivity contribution is 7.99. The average molecular weight is 233 g/mol. The van der Waals surface area contributed by atoms with Gasteiger partial charge in [0.05, 0.1) is 13.2 Å². The number of hydrogen-bond acceptors (Lipinski definition) is 3. The van der Waals surface area contributed by atoms with Gasteiger partial charge in [0, 0.05) is 22.8 Å². The van der Waals surface area contributed by atoms with E-state index < -0.39 is 0 Å². The van der Waals surface area contributed by atoms with Crippen molar-refractivity contribution in [2.75, 3.05) is 19.5 Å². The van der Waals surface area contributed by atoms with Crippen LogP contribution < -0.4 is 0 Å². The van der Waals surface area contributed by atoms with Crippen molar-refractivity contribution >= 4 is 23.4 Å². The normalized spacial score (nSPS) is 10.5. The first-order valence-electron chi connectivity index (χ1n) is 4.29. The minimum Gasteiger partial charge on any atom is -0.392 e. The van der Waals surface area contributed by atoms with Crippen LogP contribution in [-0.4, -0.2) is 24.6 Å². The van der Waals surface area contributed by atoms with Crippen LogP contribution in [0.15, 0.2) is 23.1 Å². The third-order valence-corrected chi connectivity index (χ3v) is 3.04. The van der Waals surface area contributed by atoms with Crippen molar-refractivity contribution in [3.8, 4) is 0 Å². The molecule has 1 aromatic rings. The summed E-state index contributed by atoms with van der Waals surface area (Å²) in [5.74, 6) is 0.865. The van der Waals surface area contributed by atoms with Gasteiger partial charge in [-0.1, -0.05) is 17.7 Å². The zero-order chi connectivity index (χ0) is 10.4. The molecule has 78 valence electrons. The second-order valence-corrected chi connectivity index (χ2v) is 4.32. The van der Waals surface area contributed by atoms with Gasteiger partial charge in [-0.15, -0.1) is 11.8 Å². The van der Waals surface area contributed by atoms with Crippen LogP contribution in [0.25, 0.3) is 0 Å². The van der Waals surface area contributed by atoms with E-state index in [0.29, 0.717) is 11.6 Å². The molecule has 0 amide bonds. The second kappa shape index (κ2) is 6.30. The number of thioether (sulfide) groups is 1. The van der Waals surface area contributed by atoms with Crippen molar-refractivity contribution in [3.63, 3.8) is 0 Å². The molecular weight excluding hydrogens is 220 g/mol. The van der Waals surface area contributed by atoms with Gasteiger partial charge >= 0.3 is 0 Å². The Labute approximate surface area is 93.2 Å². The first kappa shape index (κ1) is 11.9. The van der Waals surface area contributed by atoms with E-state index in [1.165, 1.54) is 0 Å². The molecule has 0 heterocycles. The number of benzene rings is 1. The largest absolute Gasteiger partial charge is 0.392 e. The maximum atomic E-state index is 9.08. The highest BCUT2D eigenvalue weighted by atomic mass is 35.5. The van der Waals surface area contributed by atoms with Crippen molar-refractivity contribution in [2.24, 2.45) is 0 Å². The topological polar surface area (TPSA) is 29.5 Å². The van der Waals surface area contributed by atoms with Crippen molar-refractivity contribution in [1.29, 1.82) is 0 Å². The molecule has 0 aliphatic rings. The molecule has 2 nitrogen and oxygen atoms in total. The Hall–Kier alpha value is -0.220. The predicted molar refractivity (Wildman–Crippen MR) is 60.0 cm³/mol. The van der Waals surface area contributed by atoms with E-state index in [1.54, 1.807) is 24.9 Å². The minimum absolute atomic E-state index is 0.0481. The van der Waals surface area contributed by atoms with Gasteiger partial charge in [0.15, 0.2) is 0 Å². The van der Waals surface area contributed by atoms with E-state index >= 15 is 0 Å². The molecule has 0 aromatic heterocycles. The first-order chi connectivity index (χ1) is 6.77. The van der Waals surface area contributed by atoms with Crippen LogP contribution >= 0.6 is 23.4 Å². The van der Waals surface area contributed by atoms with Crippen molar-refractivity contribution in [3.05, 3.63) is 28.8 Å². The van der Waals surface area contributed by atoms with Crippen LogP contribution in [0.3, 0.4) is 0 Å². The van der Waals surface area contributed by atoms with E-state index in [0.717, 1.165) is 16.2 Å². The van der Waals surface area contributed by atoms with Gasteiger partial charge in [-0.25, -0.2) is 0 Å². The molecule has 1 aromatic carbocycles. The number of rotatable bonds is 5. The molecule has 0 aliphatic carbocycles. The van der Waals surface area contributed by atoms with Gasteiger partial charge in [-0.3, -0.25) is 0 Å². The first-order valence-corrected chi connectivity index (χ1v) is 5.65. The number of halogens is 1. The molecule has 0 fully saturated rings. The molecule has 1 N–H and O–H groups in total. The number of ether oxygens (including phenoxy) is 1. The summed E-state index contributed by atoms with van der Waals surface area (Å²) in [6, 6.07) is 5.50. The lowest BCUT2D eigenvalue weighted by Crippen LogP contribution is -1.93. The minimum atomic E-state index is 0.0481. The van der Waals surface area contributed by atoms with Crippen LogP contribution in [-0.2, 0) is 11.3 Å². The van der Waals surface area contributed by atoms with E-state index in [-0.39, 0.29) is 6.61 Å². The molecule has 0 aliphatic heterocycles. The molecule has 0 saturated carbocycles. The zero-order valence-corrected chi connectivity index (χ0v) is 9.57. The molecule has 0 spiro atoms. The fourth-order valence-corrected chi connectivity index (χ4v) is 2.26. The third-order valence-electron chi connectivity index (χ3n) is 1.74. The maximum absolute atomic E-state index is 9.08. The number of methoxy groups -OCH3 is 1. The van der Waals surface area contributed by atoms with Crippen LogP contribution in [0.5, 0.6) is 0 Å². The lowest BCUT2D eigenvalue weighted by molar-refractivity contribution is 0.218. The summed E-state index contributed by atoms with van der Waals surface area (Å²) in [5.41, 5.74) is 0.913. The highest BCUT2D eigenvalue weighted by Gasteiger charge is 2.02. The standard InChI is InChI=1S/C10H13ClO2S/c1-13-4-5-14-10-6-9(11)3-2-8(10)7-12/h2-3,6,12H,4-5,7H2,1H3. The Morgan fingerprint density at radius 3 is 2.93 bits per heavy atom. The quantitative estimate of drug-likeness (QED) is 0.625. The number of aliphatic hydroxyl groups excluding tert-OH is 1. The van der Waals surface area contributed by atoms with Crippen molar-refractivity contribution in [1.82, 2.24) is 0 Å².